The zero-order chi connectivity index (χ0) is 14.7. The number of benzene rings is 1. The van der Waals surface area contributed by atoms with E-state index in [0.717, 1.165) is 21.8 Å². The molecule has 0 radical (unpaired) electrons. The highest BCUT2D eigenvalue weighted by atomic mass is 79.9. The number of nitrogens with zero attached hydrogens (tertiary/aromatic N) is 1. The normalized spacial score (nSPS) is 12.4. The highest BCUT2D eigenvalue weighted by Crippen LogP contribution is 2.28. The van der Waals surface area contributed by atoms with E-state index >= 15 is 0 Å². The molecule has 2 aromatic rings. The van der Waals surface area contributed by atoms with Crippen molar-refractivity contribution in [3.8, 4) is 0 Å². The van der Waals surface area contributed by atoms with Gasteiger partial charge >= 0.3 is 0 Å². The molecule has 1 aromatic heterocycles. The quantitative estimate of drug-likeness (QED) is 0.823. The monoisotopic (exact) mass is 372 g/mol. The second-order valence-electron chi connectivity index (χ2n) is 5.02. The molecule has 2 rings (SSSR count). The molecule has 0 fully saturated rings. The number of nitrogens with two attached hydrogens (primary N) is 1. The van der Waals surface area contributed by atoms with Gasteiger partial charge in [-0.1, -0.05) is 27.5 Å². The molecule has 5 heteroatoms. The van der Waals surface area contributed by atoms with Crippen LogP contribution in [-0.2, 0) is 13.0 Å². The van der Waals surface area contributed by atoms with Crippen LogP contribution >= 0.6 is 38.9 Å². The van der Waals surface area contributed by atoms with E-state index in [9.17, 15) is 0 Å². The van der Waals surface area contributed by atoms with Gasteiger partial charge in [-0.2, -0.15) is 0 Å². The van der Waals surface area contributed by atoms with Crippen molar-refractivity contribution < 1.29 is 0 Å². The Morgan fingerprint density at radius 1 is 1.35 bits per heavy atom. The van der Waals surface area contributed by atoms with Gasteiger partial charge in [-0.3, -0.25) is 0 Å². The first-order valence-corrected chi connectivity index (χ1v) is 8.44. The number of thiophene rings is 1. The van der Waals surface area contributed by atoms with Crippen molar-refractivity contribution >= 4 is 44.6 Å². The Bertz CT molecular complexity index is 583. The van der Waals surface area contributed by atoms with Gasteiger partial charge in [-0.25, -0.2) is 0 Å². The van der Waals surface area contributed by atoms with E-state index < -0.39 is 0 Å². The van der Waals surface area contributed by atoms with Crippen LogP contribution in [0.15, 0.2) is 34.8 Å². The lowest BCUT2D eigenvalue weighted by atomic mass is 10.0. The molecule has 0 bridgehead atoms. The summed E-state index contributed by atoms with van der Waals surface area (Å²) >= 11 is 11.1. The largest absolute Gasteiger partial charge is 0.369 e. The summed E-state index contributed by atoms with van der Waals surface area (Å²) in [7, 11) is 2.10. The Morgan fingerprint density at radius 3 is 2.70 bits per heavy atom. The van der Waals surface area contributed by atoms with E-state index in [1.807, 2.05) is 13.0 Å². The topological polar surface area (TPSA) is 29.3 Å². The minimum Gasteiger partial charge on any atom is -0.369 e. The molecule has 2 nitrogen and oxygen atoms in total. The zero-order valence-electron chi connectivity index (χ0n) is 11.6. The maximum absolute atomic E-state index is 5.99. The highest BCUT2D eigenvalue weighted by Gasteiger charge is 2.11. The fourth-order valence-electron chi connectivity index (χ4n) is 2.19. The summed E-state index contributed by atoms with van der Waals surface area (Å²) in [5, 5.41) is 0. The fourth-order valence-corrected chi connectivity index (χ4v) is 3.74. The molecule has 20 heavy (non-hydrogen) atoms. The molecule has 0 aliphatic heterocycles. The molecular formula is C15H18BrClN2S. The van der Waals surface area contributed by atoms with E-state index in [4.69, 9.17) is 17.3 Å². The lowest BCUT2D eigenvalue weighted by molar-refractivity contribution is 0.734. The summed E-state index contributed by atoms with van der Waals surface area (Å²) in [6.45, 7) is 2.88. The van der Waals surface area contributed by atoms with Crippen LogP contribution in [0.3, 0.4) is 0 Å². The van der Waals surface area contributed by atoms with Crippen molar-refractivity contribution in [1.82, 2.24) is 0 Å². The lowest BCUT2D eigenvalue weighted by Gasteiger charge is -2.23. The van der Waals surface area contributed by atoms with E-state index in [2.05, 4.69) is 52.1 Å². The van der Waals surface area contributed by atoms with Gasteiger partial charge in [0.05, 0.1) is 10.9 Å². The second-order valence-corrected chi connectivity index (χ2v) is 7.73. The summed E-state index contributed by atoms with van der Waals surface area (Å²) < 4.78 is 1.92. The van der Waals surface area contributed by atoms with Gasteiger partial charge in [0, 0.05) is 28.1 Å². The van der Waals surface area contributed by atoms with E-state index in [1.54, 1.807) is 11.3 Å². The Morgan fingerprint density at radius 2 is 2.10 bits per heavy atom. The molecule has 0 saturated heterocycles. The summed E-state index contributed by atoms with van der Waals surface area (Å²) in [6, 6.07) is 10.5. The van der Waals surface area contributed by atoms with Crippen LogP contribution in [-0.4, -0.2) is 13.1 Å². The number of anilines is 1. The molecule has 1 heterocycles. The van der Waals surface area contributed by atoms with E-state index in [-0.39, 0.29) is 6.04 Å². The Labute approximate surface area is 137 Å². The van der Waals surface area contributed by atoms with Gasteiger partial charge < -0.3 is 10.6 Å². The van der Waals surface area contributed by atoms with Gasteiger partial charge in [0.15, 0.2) is 0 Å². The maximum Gasteiger partial charge on any atom is 0.0931 e. The van der Waals surface area contributed by atoms with Crippen molar-refractivity contribution in [3.63, 3.8) is 0 Å². The molecule has 0 aliphatic carbocycles. The Kier molecular flexibility index (Phi) is 5.49. The average Bonchev–Trinajstić information content (AvgIpc) is 2.73. The molecule has 0 aliphatic rings. The van der Waals surface area contributed by atoms with Crippen molar-refractivity contribution in [2.24, 2.45) is 5.73 Å². The molecule has 1 unspecified atom stereocenters. The molecular weight excluding hydrogens is 356 g/mol. The molecule has 0 spiro atoms. The Balaban J connectivity index is 2.21. The minimum atomic E-state index is 0.146. The predicted molar refractivity (Wildman–Crippen MR) is 92.9 cm³/mol. The standard InChI is InChI=1S/C15H18BrClN2S/c1-10(18)7-11-8-12(16)3-5-14(11)19(2)9-13-4-6-15(17)20-13/h3-6,8,10H,7,9,18H2,1-2H3. The first kappa shape index (κ1) is 15.8. The van der Waals surface area contributed by atoms with Gasteiger partial charge in [0.25, 0.3) is 0 Å². The predicted octanol–water partition coefficient (Wildman–Crippen LogP) is 4.69. The van der Waals surface area contributed by atoms with Crippen LogP contribution in [0.1, 0.15) is 17.4 Å². The van der Waals surface area contributed by atoms with Crippen molar-refractivity contribution in [2.75, 3.05) is 11.9 Å². The van der Waals surface area contributed by atoms with Crippen molar-refractivity contribution in [2.45, 2.75) is 25.9 Å². The highest BCUT2D eigenvalue weighted by molar-refractivity contribution is 9.10. The summed E-state index contributed by atoms with van der Waals surface area (Å²) in [6.07, 6.45) is 0.865. The number of hydrogen-bond acceptors (Lipinski definition) is 3. The minimum absolute atomic E-state index is 0.146. The number of hydrogen-bond donors (Lipinski definition) is 1. The summed E-state index contributed by atoms with van der Waals surface area (Å²) in [5.74, 6) is 0. The van der Waals surface area contributed by atoms with Crippen LogP contribution < -0.4 is 10.6 Å². The molecule has 0 saturated carbocycles. The smallest absolute Gasteiger partial charge is 0.0931 e. The van der Waals surface area contributed by atoms with Crippen LogP contribution in [0.4, 0.5) is 5.69 Å². The lowest BCUT2D eigenvalue weighted by Crippen LogP contribution is -2.22. The third kappa shape index (κ3) is 4.22. The zero-order valence-corrected chi connectivity index (χ0v) is 14.7. The molecule has 0 amide bonds. The van der Waals surface area contributed by atoms with E-state index in [1.165, 1.54) is 16.1 Å². The molecule has 2 N–H and O–H groups in total. The van der Waals surface area contributed by atoms with Crippen LogP contribution in [0.25, 0.3) is 0 Å². The van der Waals surface area contributed by atoms with E-state index in [0.29, 0.717) is 0 Å². The SMILES string of the molecule is CC(N)Cc1cc(Br)ccc1N(C)Cc1ccc(Cl)s1. The first-order valence-electron chi connectivity index (χ1n) is 6.45. The number of rotatable bonds is 5. The van der Waals surface area contributed by atoms with Crippen molar-refractivity contribution in [3.05, 3.63) is 49.6 Å². The molecule has 108 valence electrons. The third-order valence-electron chi connectivity index (χ3n) is 3.02. The third-order valence-corrected chi connectivity index (χ3v) is 4.73. The van der Waals surface area contributed by atoms with Crippen molar-refractivity contribution in [1.29, 1.82) is 0 Å². The summed E-state index contributed by atoms with van der Waals surface area (Å²) in [4.78, 5) is 3.50. The summed E-state index contributed by atoms with van der Waals surface area (Å²) in [5.41, 5.74) is 8.43. The van der Waals surface area contributed by atoms with Gasteiger partial charge in [-0.15, -0.1) is 11.3 Å². The number of halogens is 2. The second kappa shape index (κ2) is 6.94. The van der Waals surface area contributed by atoms with Gasteiger partial charge in [0.2, 0.25) is 0 Å². The molecule has 1 aromatic carbocycles. The van der Waals surface area contributed by atoms with Gasteiger partial charge in [-0.05, 0) is 49.2 Å². The van der Waals surface area contributed by atoms with Crippen LogP contribution in [0.2, 0.25) is 4.34 Å². The average molecular weight is 374 g/mol. The maximum atomic E-state index is 5.99. The van der Waals surface area contributed by atoms with Crippen LogP contribution in [0.5, 0.6) is 0 Å². The first-order chi connectivity index (χ1) is 9.45. The van der Waals surface area contributed by atoms with Gasteiger partial charge in [0.1, 0.15) is 0 Å². The Hall–Kier alpha value is -0.550. The fraction of sp³-hybridized carbons (Fsp3) is 0.333. The molecule has 1 atom stereocenters. The van der Waals surface area contributed by atoms with Crippen LogP contribution in [0, 0.1) is 0 Å².